The molecule has 2 aromatic rings. The number of carbonyl (C=O) groups excluding carboxylic acids is 4. The number of aliphatic imine (C=N–C) groups is 2. The molecule has 0 aromatic carbocycles. The van der Waals surface area contributed by atoms with Crippen molar-refractivity contribution in [2.45, 2.75) is 87.7 Å². The van der Waals surface area contributed by atoms with Gasteiger partial charge in [-0.15, -0.1) is 0 Å². The molecule has 0 radical (unpaired) electrons. The molecule has 0 spiro atoms. The molecule has 4 heterocycles. The van der Waals surface area contributed by atoms with Crippen molar-refractivity contribution in [2.24, 2.45) is 56.3 Å². The summed E-state index contributed by atoms with van der Waals surface area (Å²) >= 11 is 0.195. The molecule has 2 saturated heterocycles. The predicted molar refractivity (Wildman–Crippen MR) is 187 cm³/mol. The van der Waals surface area contributed by atoms with Gasteiger partial charge in [-0.3, -0.25) is 0 Å². The van der Waals surface area contributed by atoms with E-state index in [0.717, 1.165) is 95.9 Å². The monoisotopic (exact) mass is 812 g/mol. The van der Waals surface area contributed by atoms with Crippen LogP contribution in [0.5, 0.6) is 0 Å². The number of furan rings is 2. The number of hydrogen-bond acceptors (Lipinski definition) is 6. The Morgan fingerprint density at radius 3 is 1.88 bits per heavy atom. The van der Waals surface area contributed by atoms with E-state index in [9.17, 15) is 19.2 Å². The Morgan fingerprint density at radius 2 is 1.22 bits per heavy atom. The number of hydrogen-bond donors (Lipinski definition) is 0. The second-order valence-electron chi connectivity index (χ2n) is 16.1. The van der Waals surface area contributed by atoms with Gasteiger partial charge in [-0.1, -0.05) is 0 Å². The Balaban J connectivity index is 0.000000147. The van der Waals surface area contributed by atoms with Gasteiger partial charge in [0.15, 0.2) is 0 Å². The molecule has 0 N–H and O–H groups in total. The third-order valence-corrected chi connectivity index (χ3v) is 17.3. The summed E-state index contributed by atoms with van der Waals surface area (Å²) in [5.74, 6) is 4.87. The molecule has 10 rings (SSSR count). The zero-order chi connectivity index (χ0) is 34.0. The summed E-state index contributed by atoms with van der Waals surface area (Å²) < 4.78 is 11.5. The molecule has 2 aliphatic heterocycles. The average Bonchev–Trinajstić information content (AvgIpc) is 3.96. The van der Waals surface area contributed by atoms with Crippen molar-refractivity contribution in [3.63, 3.8) is 0 Å². The van der Waals surface area contributed by atoms with E-state index in [4.69, 9.17) is 13.8 Å². The van der Waals surface area contributed by atoms with Crippen LogP contribution in [0.4, 0.5) is 0 Å². The summed E-state index contributed by atoms with van der Waals surface area (Å²) in [5.41, 5.74) is -0.282. The van der Waals surface area contributed by atoms with Gasteiger partial charge in [0.05, 0.1) is 0 Å². The van der Waals surface area contributed by atoms with Crippen LogP contribution in [0.3, 0.4) is 0 Å². The minimum atomic E-state index is -0.467. The van der Waals surface area contributed by atoms with Crippen LogP contribution >= 0.6 is 0 Å². The van der Waals surface area contributed by atoms with Crippen molar-refractivity contribution in [3.05, 3.63) is 48.3 Å². The van der Waals surface area contributed by atoms with E-state index in [2.05, 4.69) is 4.99 Å². The van der Waals surface area contributed by atoms with Crippen LogP contribution < -0.4 is 0 Å². The molecule has 8 unspecified atom stereocenters. The fourth-order valence-corrected chi connectivity index (χ4v) is 15.2. The molecule has 264 valence electrons. The number of amides is 4. The first-order chi connectivity index (χ1) is 24.3. The van der Waals surface area contributed by atoms with Crippen LogP contribution in [0.2, 0.25) is 10.6 Å². The van der Waals surface area contributed by atoms with Crippen LogP contribution in [0, 0.1) is 46.3 Å². The molecule has 2 aromatic heterocycles. The molecule has 8 fully saturated rings. The number of nitrogens with zero attached hydrogens (tertiary/aromatic N) is 4. The number of fused-ring (bicyclic) bond motifs is 4. The fraction of sp³-hybridized carbons (Fsp3) is 0.632. The number of rotatable bonds is 4. The van der Waals surface area contributed by atoms with Crippen molar-refractivity contribution in [1.82, 2.24) is 9.80 Å². The average molecular weight is 811 g/mol. The summed E-state index contributed by atoms with van der Waals surface area (Å²) in [6.45, 7) is 1.37. The maximum absolute atomic E-state index is 13.9. The first-order valence-corrected chi connectivity index (χ1v) is 22.7. The van der Waals surface area contributed by atoms with Crippen molar-refractivity contribution in [3.8, 4) is 0 Å². The van der Waals surface area contributed by atoms with E-state index < -0.39 is 5.91 Å². The summed E-state index contributed by atoms with van der Waals surface area (Å²) in [6, 6.07) is 6.42. The van der Waals surface area contributed by atoms with Crippen LogP contribution in [0.1, 0.15) is 98.2 Å². The van der Waals surface area contributed by atoms with Crippen LogP contribution in [-0.4, -0.2) is 85.9 Å². The third-order valence-electron chi connectivity index (χ3n) is 13.3. The van der Waals surface area contributed by atoms with E-state index in [-0.39, 0.29) is 64.1 Å². The van der Waals surface area contributed by atoms with Crippen molar-refractivity contribution in [1.29, 1.82) is 0 Å². The Hall–Kier alpha value is -2.78. The van der Waals surface area contributed by atoms with Crippen LogP contribution in [-0.2, 0) is 9.59 Å². The molecular formula is C38H44N4O6Se2. The molecule has 6 bridgehead atoms. The standard InChI is InChI=1S/C25H34N2O2Se.C13H10N2O4Se/c28-21(24-9-15-1-3-17(11-24)19(7-15)13-24)26-23-27(5-6-30-23)22(29)25-10-16-2-4-18(12-25)20(8-16)14-25;16-11(9-3-1-6-18-9)14-13-15(5-8-20-13)12(17)10-4-2-7-19-10/h15-20H,1-14H2;1-4,6-7H,5,8H2. The van der Waals surface area contributed by atoms with Gasteiger partial charge < -0.3 is 0 Å². The molecule has 8 atom stereocenters. The van der Waals surface area contributed by atoms with Crippen molar-refractivity contribution < 1.29 is 28.0 Å². The fourth-order valence-electron chi connectivity index (χ4n) is 11.3. The van der Waals surface area contributed by atoms with E-state index in [1.807, 2.05) is 4.90 Å². The topological polar surface area (TPSA) is 126 Å². The van der Waals surface area contributed by atoms with E-state index in [1.165, 1.54) is 56.0 Å². The van der Waals surface area contributed by atoms with Gasteiger partial charge in [-0.05, 0) is 0 Å². The summed E-state index contributed by atoms with van der Waals surface area (Å²) in [4.78, 5) is 63.9. The van der Waals surface area contributed by atoms with Gasteiger partial charge in [-0.2, -0.15) is 0 Å². The number of amidine groups is 2. The second-order valence-corrected chi connectivity index (χ2v) is 20.6. The summed E-state index contributed by atoms with van der Waals surface area (Å²) in [6.07, 6.45) is 17.5. The Labute approximate surface area is 305 Å². The minimum absolute atomic E-state index is 0.00447. The molecular weight excluding hydrogens is 766 g/mol. The van der Waals surface area contributed by atoms with E-state index in [0.29, 0.717) is 17.2 Å². The zero-order valence-corrected chi connectivity index (χ0v) is 31.7. The van der Waals surface area contributed by atoms with Gasteiger partial charge in [0.2, 0.25) is 0 Å². The SMILES string of the molecule is O=C(N=C1[Se]CCN1C(=O)C12CC3CCC(C1)C(C3)C2)C12CC3CCC(C1)C(C3)C2.O=C(N=C1[Se]CCN1C(=O)c1ccco1)c1ccco1. The summed E-state index contributed by atoms with van der Waals surface area (Å²) in [5, 5.41) is 1.88. The van der Waals surface area contributed by atoms with Gasteiger partial charge in [0.1, 0.15) is 0 Å². The van der Waals surface area contributed by atoms with Crippen LogP contribution in [0.25, 0.3) is 0 Å². The third kappa shape index (κ3) is 5.82. The Bertz CT molecular complexity index is 1730. The molecule has 8 aliphatic rings. The quantitative estimate of drug-likeness (QED) is 0.354. The zero-order valence-electron chi connectivity index (χ0n) is 28.3. The molecule has 6 saturated carbocycles. The second kappa shape index (κ2) is 13.0. The Morgan fingerprint density at radius 1 is 0.660 bits per heavy atom. The van der Waals surface area contributed by atoms with Crippen molar-refractivity contribution in [2.75, 3.05) is 13.1 Å². The molecule has 50 heavy (non-hydrogen) atoms. The first kappa shape index (κ1) is 33.1. The molecule has 6 aliphatic carbocycles. The Kier molecular flexibility index (Phi) is 8.61. The molecule has 12 heteroatoms. The van der Waals surface area contributed by atoms with Crippen molar-refractivity contribution >= 4 is 63.0 Å². The van der Waals surface area contributed by atoms with Crippen LogP contribution in [0.15, 0.2) is 55.6 Å². The summed E-state index contributed by atoms with van der Waals surface area (Å²) in [7, 11) is 0. The van der Waals surface area contributed by atoms with Gasteiger partial charge in [-0.25, -0.2) is 0 Å². The van der Waals surface area contributed by atoms with E-state index >= 15 is 0 Å². The molecule has 4 amide bonds. The first-order valence-electron chi connectivity index (χ1n) is 18.5. The maximum atomic E-state index is 13.9. The normalized spacial score (nSPS) is 37.8. The van der Waals surface area contributed by atoms with Gasteiger partial charge in [0.25, 0.3) is 0 Å². The van der Waals surface area contributed by atoms with E-state index in [1.54, 1.807) is 24.3 Å². The van der Waals surface area contributed by atoms with Gasteiger partial charge in [0, 0.05) is 0 Å². The molecule has 10 nitrogen and oxygen atoms in total. The predicted octanol–water partition coefficient (Wildman–Crippen LogP) is 5.91. The van der Waals surface area contributed by atoms with Gasteiger partial charge >= 0.3 is 306 Å². The number of carbonyl (C=O) groups is 4.